The average Bonchev–Trinajstić information content (AvgIpc) is 2.81. The molecule has 2 atom stereocenters. The summed E-state index contributed by atoms with van der Waals surface area (Å²) in [7, 11) is 0. The second kappa shape index (κ2) is 3.37. The maximum Gasteiger partial charge on any atom is 0.0221 e. The number of benzene rings is 1. The molecule has 1 aliphatic carbocycles. The first-order chi connectivity index (χ1) is 6.48. The van der Waals surface area contributed by atoms with Crippen molar-refractivity contribution in [2.75, 3.05) is 0 Å². The summed E-state index contributed by atoms with van der Waals surface area (Å²) in [5, 5.41) is 0. The molecule has 0 saturated heterocycles. The summed E-state index contributed by atoms with van der Waals surface area (Å²) in [6.07, 6.45) is 1.30. The lowest BCUT2D eigenvalue weighted by atomic mass is 9.86. The minimum atomic E-state index is 0.274. The summed E-state index contributed by atoms with van der Waals surface area (Å²) >= 11 is 3.64. The summed E-state index contributed by atoms with van der Waals surface area (Å²) in [6, 6.07) is 9.11. The highest BCUT2D eigenvalue weighted by Gasteiger charge is 2.35. The Kier molecular flexibility index (Phi) is 2.46. The Labute approximate surface area is 94.8 Å². The van der Waals surface area contributed by atoms with Crippen LogP contribution in [0.3, 0.4) is 0 Å². The molecule has 0 amide bonds. The van der Waals surface area contributed by atoms with Gasteiger partial charge in [-0.3, -0.25) is 0 Å². The Morgan fingerprint density at radius 2 is 1.64 bits per heavy atom. The van der Waals surface area contributed by atoms with Crippen molar-refractivity contribution >= 4 is 15.9 Å². The van der Waals surface area contributed by atoms with Crippen molar-refractivity contribution in [2.45, 2.75) is 43.4 Å². The molecular weight excluding hydrogens is 236 g/mol. The Morgan fingerprint density at radius 3 is 2.00 bits per heavy atom. The number of rotatable bonds is 1. The van der Waals surface area contributed by atoms with Crippen LogP contribution < -0.4 is 0 Å². The maximum absolute atomic E-state index is 3.64. The lowest BCUT2D eigenvalue weighted by molar-refractivity contribution is 0.590. The number of halogens is 1. The molecule has 1 saturated carbocycles. The van der Waals surface area contributed by atoms with Gasteiger partial charge in [0.2, 0.25) is 0 Å². The van der Waals surface area contributed by atoms with Gasteiger partial charge in [-0.25, -0.2) is 0 Å². The molecule has 1 aromatic rings. The third-order valence-corrected chi connectivity index (χ3v) is 3.93. The van der Waals surface area contributed by atoms with E-state index in [1.165, 1.54) is 17.5 Å². The molecule has 0 heterocycles. The molecule has 0 radical (unpaired) electrons. The van der Waals surface area contributed by atoms with Crippen LogP contribution in [0.2, 0.25) is 0 Å². The first-order valence-electron chi connectivity index (χ1n) is 5.23. The Bertz CT molecular complexity index is 318. The molecule has 0 nitrogen and oxygen atoms in total. The van der Waals surface area contributed by atoms with E-state index in [0.717, 1.165) is 10.7 Å². The van der Waals surface area contributed by atoms with Crippen molar-refractivity contribution in [1.29, 1.82) is 0 Å². The molecule has 0 bridgehead atoms. The molecule has 14 heavy (non-hydrogen) atoms. The van der Waals surface area contributed by atoms with E-state index >= 15 is 0 Å². The molecule has 76 valence electrons. The number of hydrogen-bond donors (Lipinski definition) is 0. The van der Waals surface area contributed by atoms with E-state index in [1.807, 2.05) is 0 Å². The molecule has 0 spiro atoms. The normalized spacial score (nSPS) is 26.3. The zero-order valence-electron chi connectivity index (χ0n) is 9.05. The summed E-state index contributed by atoms with van der Waals surface area (Å²) in [5.74, 6) is 0.768. The molecule has 0 unspecified atom stereocenters. The highest BCUT2D eigenvalue weighted by molar-refractivity contribution is 9.09. The van der Waals surface area contributed by atoms with Gasteiger partial charge >= 0.3 is 0 Å². The van der Waals surface area contributed by atoms with Crippen LogP contribution in [-0.2, 0) is 5.41 Å². The standard InChI is InChI=1S/C13H17Br/c1-13(2,3)10-6-4-9(5-7-10)11-8-12(11)14/h4-7,11-12H,8H2,1-3H3/t11-,12+/m1/s1. The first kappa shape index (κ1) is 10.2. The van der Waals surface area contributed by atoms with Crippen LogP contribution in [0.25, 0.3) is 0 Å². The van der Waals surface area contributed by atoms with Crippen molar-refractivity contribution in [3.8, 4) is 0 Å². The maximum atomic E-state index is 3.64. The second-order valence-corrected chi connectivity index (χ2v) is 6.41. The van der Waals surface area contributed by atoms with E-state index in [2.05, 4.69) is 61.0 Å². The van der Waals surface area contributed by atoms with Gasteiger partial charge in [0.25, 0.3) is 0 Å². The highest BCUT2D eigenvalue weighted by Crippen LogP contribution is 2.46. The molecule has 2 rings (SSSR count). The van der Waals surface area contributed by atoms with Crippen molar-refractivity contribution in [2.24, 2.45) is 0 Å². The van der Waals surface area contributed by atoms with Gasteiger partial charge in [0.05, 0.1) is 0 Å². The Hall–Kier alpha value is -0.300. The monoisotopic (exact) mass is 252 g/mol. The van der Waals surface area contributed by atoms with E-state index in [0.29, 0.717) is 0 Å². The highest BCUT2D eigenvalue weighted by atomic mass is 79.9. The van der Waals surface area contributed by atoms with Crippen LogP contribution in [0.1, 0.15) is 44.2 Å². The van der Waals surface area contributed by atoms with E-state index in [9.17, 15) is 0 Å². The molecule has 0 N–H and O–H groups in total. The molecule has 1 heteroatoms. The van der Waals surface area contributed by atoms with Crippen LogP contribution in [0.4, 0.5) is 0 Å². The lowest BCUT2D eigenvalue weighted by Gasteiger charge is -2.19. The topological polar surface area (TPSA) is 0 Å². The zero-order valence-corrected chi connectivity index (χ0v) is 10.6. The molecule has 1 fully saturated rings. The van der Waals surface area contributed by atoms with Crippen LogP contribution in [0, 0.1) is 0 Å². The SMILES string of the molecule is CC(C)(C)c1ccc([C@H]2C[C@@H]2Br)cc1. The summed E-state index contributed by atoms with van der Waals surface area (Å²) in [5.41, 5.74) is 3.18. The van der Waals surface area contributed by atoms with Gasteiger partial charge in [-0.2, -0.15) is 0 Å². The molecule has 0 aliphatic heterocycles. The smallest absolute Gasteiger partial charge is 0.0221 e. The minimum absolute atomic E-state index is 0.274. The zero-order chi connectivity index (χ0) is 10.3. The van der Waals surface area contributed by atoms with Gasteiger partial charge in [0.15, 0.2) is 0 Å². The quantitative estimate of drug-likeness (QED) is 0.657. The van der Waals surface area contributed by atoms with Gasteiger partial charge < -0.3 is 0 Å². The van der Waals surface area contributed by atoms with Gasteiger partial charge in [0, 0.05) is 4.83 Å². The minimum Gasteiger partial charge on any atom is -0.0884 e. The average molecular weight is 253 g/mol. The lowest BCUT2D eigenvalue weighted by Crippen LogP contribution is -2.10. The third kappa shape index (κ3) is 2.03. The summed E-state index contributed by atoms with van der Waals surface area (Å²) in [6.45, 7) is 6.77. The van der Waals surface area contributed by atoms with E-state index in [4.69, 9.17) is 0 Å². The van der Waals surface area contributed by atoms with Crippen LogP contribution in [0.5, 0.6) is 0 Å². The predicted molar refractivity (Wildman–Crippen MR) is 65.2 cm³/mol. The number of hydrogen-bond acceptors (Lipinski definition) is 0. The largest absolute Gasteiger partial charge is 0.0884 e. The van der Waals surface area contributed by atoms with Crippen molar-refractivity contribution in [3.63, 3.8) is 0 Å². The van der Waals surface area contributed by atoms with Gasteiger partial charge in [-0.1, -0.05) is 61.0 Å². The Morgan fingerprint density at radius 1 is 1.14 bits per heavy atom. The van der Waals surface area contributed by atoms with Crippen LogP contribution in [0.15, 0.2) is 24.3 Å². The predicted octanol–water partition coefficient (Wildman–Crippen LogP) is 4.23. The van der Waals surface area contributed by atoms with Crippen molar-refractivity contribution in [1.82, 2.24) is 0 Å². The van der Waals surface area contributed by atoms with Gasteiger partial charge in [0.1, 0.15) is 0 Å². The molecule has 0 aromatic heterocycles. The summed E-state index contributed by atoms with van der Waals surface area (Å²) in [4.78, 5) is 0.725. The number of alkyl halides is 1. The fourth-order valence-electron chi connectivity index (χ4n) is 1.74. The fourth-order valence-corrected chi connectivity index (χ4v) is 2.45. The van der Waals surface area contributed by atoms with Crippen molar-refractivity contribution < 1.29 is 0 Å². The van der Waals surface area contributed by atoms with E-state index < -0.39 is 0 Å². The molecular formula is C13H17Br. The van der Waals surface area contributed by atoms with Crippen LogP contribution in [-0.4, -0.2) is 4.83 Å². The van der Waals surface area contributed by atoms with Crippen molar-refractivity contribution in [3.05, 3.63) is 35.4 Å². The van der Waals surface area contributed by atoms with Crippen LogP contribution >= 0.6 is 15.9 Å². The summed E-state index contributed by atoms with van der Waals surface area (Å²) < 4.78 is 0. The van der Waals surface area contributed by atoms with E-state index in [-0.39, 0.29) is 5.41 Å². The fraction of sp³-hybridized carbons (Fsp3) is 0.538. The van der Waals surface area contributed by atoms with Gasteiger partial charge in [-0.15, -0.1) is 0 Å². The molecule has 1 aliphatic rings. The van der Waals surface area contributed by atoms with Gasteiger partial charge in [-0.05, 0) is 28.9 Å². The van der Waals surface area contributed by atoms with E-state index in [1.54, 1.807) is 0 Å². The Balaban J connectivity index is 2.18. The second-order valence-electron chi connectivity index (χ2n) is 5.23. The third-order valence-electron chi connectivity index (χ3n) is 2.92. The first-order valence-corrected chi connectivity index (χ1v) is 6.14. The molecule has 1 aromatic carbocycles.